The van der Waals surface area contributed by atoms with Crippen LogP contribution in [0, 0.1) is 11.2 Å². The molecule has 1 atom stereocenters. The van der Waals surface area contributed by atoms with Crippen molar-refractivity contribution in [2.45, 2.75) is 33.3 Å². The van der Waals surface area contributed by atoms with Crippen LogP contribution in [0.4, 0.5) is 4.39 Å². The first-order chi connectivity index (χ1) is 16.6. The molecule has 0 spiro atoms. The maximum atomic E-state index is 13.9. The third-order valence-electron chi connectivity index (χ3n) is 5.60. The number of hydrogen-bond donors (Lipinski definition) is 1. The van der Waals surface area contributed by atoms with Crippen molar-refractivity contribution in [3.63, 3.8) is 0 Å². The van der Waals surface area contributed by atoms with Crippen LogP contribution in [-0.2, 0) is 9.47 Å². The number of rotatable bonds is 5. The molecule has 1 unspecified atom stereocenters. The molecule has 1 N–H and O–H groups in total. The van der Waals surface area contributed by atoms with E-state index in [9.17, 15) is 9.18 Å². The largest absolute Gasteiger partial charge is 0.401 e. The predicted molar refractivity (Wildman–Crippen MR) is 128 cm³/mol. The number of nitrogens with one attached hydrogen (secondary N) is 1. The number of nitrogens with zero attached hydrogens (tertiary/aromatic N) is 4. The Morgan fingerprint density at radius 3 is 2.71 bits per heavy atom. The normalized spacial score (nSPS) is 17.1. The van der Waals surface area contributed by atoms with Gasteiger partial charge < -0.3 is 14.3 Å². The fourth-order valence-corrected chi connectivity index (χ4v) is 4.46. The first kappa shape index (κ1) is 23.8. The summed E-state index contributed by atoms with van der Waals surface area (Å²) in [5.74, 6) is -0.632. The zero-order valence-electron chi connectivity index (χ0n) is 19.1. The zero-order valence-corrected chi connectivity index (χ0v) is 20.6. The highest BCUT2D eigenvalue weighted by atomic mass is 35.5. The van der Waals surface area contributed by atoms with Gasteiger partial charge in [0, 0.05) is 27.8 Å². The van der Waals surface area contributed by atoms with Crippen LogP contribution in [0.2, 0.25) is 10.0 Å². The summed E-state index contributed by atoms with van der Waals surface area (Å²) in [7, 11) is 0. The molecule has 12 heteroatoms. The molecule has 1 fully saturated rings. The third kappa shape index (κ3) is 4.54. The molecule has 1 aliphatic heterocycles. The number of aromatic nitrogens is 5. The molecular weight excluding hydrogens is 500 g/mol. The molecule has 0 saturated carbocycles. The molecule has 0 bridgehead atoms. The van der Waals surface area contributed by atoms with Crippen molar-refractivity contribution in [3.8, 4) is 11.3 Å². The molecule has 0 radical (unpaired) electrons. The lowest BCUT2D eigenvalue weighted by atomic mass is 9.96. The minimum atomic E-state index is -0.819. The highest BCUT2D eigenvalue weighted by molar-refractivity contribution is 6.36. The van der Waals surface area contributed by atoms with Gasteiger partial charge in [0.05, 0.1) is 30.1 Å². The Bertz CT molecular complexity index is 1450. The second-order valence-electron chi connectivity index (χ2n) is 9.10. The smallest absolute Gasteiger partial charge is 0.360 e. The van der Waals surface area contributed by atoms with Crippen LogP contribution >= 0.6 is 23.2 Å². The standard InChI is InChI=1S/C23H22Cl2FN5O4/c1-12(18-14(24)4-5-15(26)19(18)25)35-31-17-7-6-16(28-20(17)29-21(31)32)13-8-27-30(9-13)22-33-10-23(2,3)11-34-22/h4-9,12,22H,10-11H2,1-3H3,(H,28,29,32). The number of imidazole rings is 1. The molecule has 1 aromatic carbocycles. The Balaban J connectivity index is 1.40. The Hall–Kier alpha value is -2.92. The summed E-state index contributed by atoms with van der Waals surface area (Å²) >= 11 is 12.3. The van der Waals surface area contributed by atoms with E-state index in [0.29, 0.717) is 35.6 Å². The van der Waals surface area contributed by atoms with E-state index in [1.165, 1.54) is 12.1 Å². The second-order valence-corrected chi connectivity index (χ2v) is 9.88. The predicted octanol–water partition coefficient (Wildman–Crippen LogP) is 4.75. The van der Waals surface area contributed by atoms with Crippen molar-refractivity contribution in [1.29, 1.82) is 0 Å². The summed E-state index contributed by atoms with van der Waals surface area (Å²) in [4.78, 5) is 25.6. The van der Waals surface area contributed by atoms with Crippen molar-refractivity contribution in [3.05, 3.63) is 68.6 Å². The van der Waals surface area contributed by atoms with Crippen LogP contribution in [-0.4, -0.2) is 37.7 Å². The molecule has 3 aromatic heterocycles. The molecule has 1 saturated heterocycles. The van der Waals surface area contributed by atoms with E-state index in [4.69, 9.17) is 37.5 Å². The average Bonchev–Trinajstić information content (AvgIpc) is 3.41. The number of benzene rings is 1. The van der Waals surface area contributed by atoms with Gasteiger partial charge in [-0.15, -0.1) is 4.73 Å². The Kier molecular flexibility index (Phi) is 6.08. The quantitative estimate of drug-likeness (QED) is 0.380. The van der Waals surface area contributed by atoms with Gasteiger partial charge >= 0.3 is 5.69 Å². The summed E-state index contributed by atoms with van der Waals surface area (Å²) in [5, 5.41) is 4.40. The summed E-state index contributed by atoms with van der Waals surface area (Å²) < 4.78 is 28.1. The minimum Gasteiger partial charge on any atom is -0.401 e. The van der Waals surface area contributed by atoms with E-state index in [1.807, 2.05) is 0 Å². The number of fused-ring (bicyclic) bond motifs is 1. The van der Waals surface area contributed by atoms with E-state index in [-0.39, 0.29) is 21.0 Å². The SMILES string of the molecule is CC(On1c(=O)[nH]c2nc(-c3cnn(C4OCC(C)(C)CO4)c3)ccc21)c1c(Cl)ccc(F)c1Cl. The molecule has 9 nitrogen and oxygen atoms in total. The van der Waals surface area contributed by atoms with Crippen LogP contribution < -0.4 is 10.5 Å². The second kappa shape index (κ2) is 8.94. The van der Waals surface area contributed by atoms with Gasteiger partial charge in [-0.1, -0.05) is 37.0 Å². The number of aromatic amines is 1. The van der Waals surface area contributed by atoms with Gasteiger partial charge in [0.2, 0.25) is 0 Å². The van der Waals surface area contributed by atoms with Crippen LogP contribution in [0.5, 0.6) is 0 Å². The highest BCUT2D eigenvalue weighted by Gasteiger charge is 2.30. The molecule has 4 heterocycles. The van der Waals surface area contributed by atoms with Crippen molar-refractivity contribution in [1.82, 2.24) is 24.5 Å². The summed E-state index contributed by atoms with van der Waals surface area (Å²) in [6.07, 6.45) is 1.97. The first-order valence-electron chi connectivity index (χ1n) is 10.8. The van der Waals surface area contributed by atoms with Gasteiger partial charge in [0.1, 0.15) is 11.3 Å². The molecule has 4 aromatic rings. The van der Waals surface area contributed by atoms with E-state index in [0.717, 1.165) is 4.73 Å². The number of halogens is 3. The van der Waals surface area contributed by atoms with Gasteiger partial charge in [0.15, 0.2) is 11.8 Å². The molecule has 0 aliphatic carbocycles. The van der Waals surface area contributed by atoms with E-state index >= 15 is 0 Å². The highest BCUT2D eigenvalue weighted by Crippen LogP contribution is 2.33. The number of ether oxygens (including phenoxy) is 2. The van der Waals surface area contributed by atoms with Gasteiger partial charge in [-0.05, 0) is 31.2 Å². The lowest BCUT2D eigenvalue weighted by Crippen LogP contribution is -2.36. The molecule has 0 amide bonds. The molecular formula is C23H22Cl2FN5O4. The van der Waals surface area contributed by atoms with Gasteiger partial charge in [-0.25, -0.2) is 18.9 Å². The molecule has 5 rings (SSSR count). The minimum absolute atomic E-state index is 0.0526. The van der Waals surface area contributed by atoms with Crippen molar-refractivity contribution in [2.75, 3.05) is 13.2 Å². The summed E-state index contributed by atoms with van der Waals surface area (Å²) in [5.41, 5.74) is 1.62. The van der Waals surface area contributed by atoms with Crippen molar-refractivity contribution < 1.29 is 18.7 Å². The fourth-order valence-electron chi connectivity index (χ4n) is 3.78. The van der Waals surface area contributed by atoms with E-state index in [2.05, 4.69) is 28.9 Å². The average molecular weight is 522 g/mol. The van der Waals surface area contributed by atoms with Gasteiger partial charge in [-0.3, -0.25) is 4.98 Å². The number of H-pyrrole nitrogens is 1. The zero-order chi connectivity index (χ0) is 24.9. The van der Waals surface area contributed by atoms with Gasteiger partial charge in [0.25, 0.3) is 6.41 Å². The number of pyridine rings is 1. The molecule has 184 valence electrons. The maximum absolute atomic E-state index is 13.9. The molecule has 35 heavy (non-hydrogen) atoms. The topological polar surface area (TPSA) is 96.2 Å². The summed E-state index contributed by atoms with van der Waals surface area (Å²) in [6.45, 7) is 6.85. The first-order valence-corrected chi connectivity index (χ1v) is 11.6. The maximum Gasteiger partial charge on any atom is 0.360 e. The van der Waals surface area contributed by atoms with Crippen LogP contribution in [0.25, 0.3) is 22.4 Å². The Labute approximate surface area is 209 Å². The summed E-state index contributed by atoms with van der Waals surface area (Å²) in [6, 6.07) is 5.97. The van der Waals surface area contributed by atoms with E-state index in [1.54, 1.807) is 36.1 Å². The third-order valence-corrected chi connectivity index (χ3v) is 6.31. The fraction of sp³-hybridized carbons (Fsp3) is 0.348. The van der Waals surface area contributed by atoms with Gasteiger partial charge in [-0.2, -0.15) is 5.10 Å². The Morgan fingerprint density at radius 1 is 1.23 bits per heavy atom. The van der Waals surface area contributed by atoms with Crippen LogP contribution in [0.15, 0.2) is 41.5 Å². The lowest BCUT2D eigenvalue weighted by molar-refractivity contribution is -0.265. The van der Waals surface area contributed by atoms with Crippen LogP contribution in [0.1, 0.15) is 38.9 Å². The lowest BCUT2D eigenvalue weighted by Gasteiger charge is -2.34. The molecule has 1 aliphatic rings. The van der Waals surface area contributed by atoms with Crippen molar-refractivity contribution in [2.24, 2.45) is 5.41 Å². The number of hydrogen-bond acceptors (Lipinski definition) is 6. The van der Waals surface area contributed by atoms with E-state index < -0.39 is 24.0 Å². The van der Waals surface area contributed by atoms with Crippen LogP contribution in [0.3, 0.4) is 0 Å². The Morgan fingerprint density at radius 2 is 1.97 bits per heavy atom. The van der Waals surface area contributed by atoms with Crippen molar-refractivity contribution >= 4 is 34.4 Å². The monoisotopic (exact) mass is 521 g/mol.